The molecule has 0 rings (SSSR count). The smallest absolute Gasteiger partial charge is 0.183 e. The van der Waals surface area contributed by atoms with Crippen LogP contribution in [0.1, 0.15) is 41.0 Å². The van der Waals surface area contributed by atoms with Crippen LogP contribution in [0.2, 0.25) is 0 Å². The Balaban J connectivity index is 4.22. The standard InChI is InChI=1S/C10H19OP/c1-9(2,3)8-10(4,5)6-7-12-11/h6-7H,8H2,1-5H3. The quantitative estimate of drug-likeness (QED) is 0.602. The zero-order valence-corrected chi connectivity index (χ0v) is 9.61. The van der Waals surface area contributed by atoms with Gasteiger partial charge in [-0.15, -0.1) is 0 Å². The van der Waals surface area contributed by atoms with Crippen LogP contribution in [0.25, 0.3) is 0 Å². The van der Waals surface area contributed by atoms with E-state index in [0.717, 1.165) is 6.42 Å². The molecule has 0 saturated carbocycles. The van der Waals surface area contributed by atoms with Gasteiger partial charge in [-0.25, -0.2) is 0 Å². The molecule has 70 valence electrons. The highest BCUT2D eigenvalue weighted by molar-refractivity contribution is 7.27. The van der Waals surface area contributed by atoms with Crippen molar-refractivity contribution >= 4 is 8.46 Å². The van der Waals surface area contributed by atoms with Crippen molar-refractivity contribution in [1.29, 1.82) is 0 Å². The van der Waals surface area contributed by atoms with Gasteiger partial charge in [0.15, 0.2) is 8.46 Å². The van der Waals surface area contributed by atoms with Crippen molar-refractivity contribution in [3.8, 4) is 0 Å². The first-order valence-electron chi connectivity index (χ1n) is 4.27. The number of hydrogen-bond donors (Lipinski definition) is 0. The molecule has 0 bridgehead atoms. The molecule has 0 aliphatic carbocycles. The van der Waals surface area contributed by atoms with Gasteiger partial charge in [0.25, 0.3) is 0 Å². The molecule has 2 heteroatoms. The maximum Gasteiger partial charge on any atom is 0.183 e. The summed E-state index contributed by atoms with van der Waals surface area (Å²) in [6, 6.07) is 0. The summed E-state index contributed by atoms with van der Waals surface area (Å²) in [6.07, 6.45) is 3.12. The molecule has 0 aromatic heterocycles. The van der Waals surface area contributed by atoms with Crippen LogP contribution in [0, 0.1) is 10.8 Å². The normalized spacial score (nSPS) is 14.4. The minimum atomic E-state index is 0.106. The molecule has 0 amide bonds. The minimum absolute atomic E-state index is 0.106. The molecule has 0 aromatic carbocycles. The van der Waals surface area contributed by atoms with Gasteiger partial charge < -0.3 is 0 Å². The summed E-state index contributed by atoms with van der Waals surface area (Å²) in [5, 5.41) is 0. The first kappa shape index (κ1) is 11.8. The van der Waals surface area contributed by atoms with Gasteiger partial charge in [-0.2, -0.15) is 0 Å². The van der Waals surface area contributed by atoms with Crippen molar-refractivity contribution in [2.24, 2.45) is 10.8 Å². The van der Waals surface area contributed by atoms with Gasteiger partial charge in [0.2, 0.25) is 0 Å². The van der Waals surface area contributed by atoms with Gasteiger partial charge in [-0.05, 0) is 17.3 Å². The Kier molecular flexibility index (Phi) is 4.13. The predicted octanol–water partition coefficient (Wildman–Crippen LogP) is 4.25. The minimum Gasteiger partial charge on any atom is -0.270 e. The lowest BCUT2D eigenvalue weighted by atomic mass is 9.76. The molecule has 1 nitrogen and oxygen atoms in total. The highest BCUT2D eigenvalue weighted by Crippen LogP contribution is 2.34. The van der Waals surface area contributed by atoms with Crippen molar-refractivity contribution in [3.05, 3.63) is 11.9 Å². The highest BCUT2D eigenvalue weighted by Gasteiger charge is 2.22. The number of hydrogen-bond acceptors (Lipinski definition) is 1. The van der Waals surface area contributed by atoms with Crippen LogP contribution in [0.4, 0.5) is 0 Å². The van der Waals surface area contributed by atoms with Gasteiger partial charge in [0, 0.05) is 5.82 Å². The van der Waals surface area contributed by atoms with E-state index in [2.05, 4.69) is 34.6 Å². The Morgan fingerprint density at radius 2 is 1.67 bits per heavy atom. The van der Waals surface area contributed by atoms with Crippen LogP contribution in [-0.4, -0.2) is 0 Å². The summed E-state index contributed by atoms with van der Waals surface area (Å²) in [6.45, 7) is 11.0. The Hall–Kier alpha value is -0.160. The molecule has 0 aliphatic rings. The Morgan fingerprint density at radius 3 is 2.00 bits per heavy atom. The van der Waals surface area contributed by atoms with Crippen molar-refractivity contribution in [2.45, 2.75) is 41.0 Å². The molecule has 0 N–H and O–H groups in total. The van der Waals surface area contributed by atoms with Gasteiger partial charge in [0.05, 0.1) is 0 Å². The summed E-state index contributed by atoms with van der Waals surface area (Å²) in [4.78, 5) is 0. The fourth-order valence-corrected chi connectivity index (χ4v) is 2.12. The summed E-state index contributed by atoms with van der Waals surface area (Å²) in [5.41, 5.74) is 0.475. The van der Waals surface area contributed by atoms with E-state index in [0.29, 0.717) is 5.41 Å². The third-order valence-electron chi connectivity index (χ3n) is 1.57. The van der Waals surface area contributed by atoms with Crippen LogP contribution in [-0.2, 0) is 4.57 Å². The van der Waals surface area contributed by atoms with E-state index in [-0.39, 0.29) is 13.9 Å². The summed E-state index contributed by atoms with van der Waals surface area (Å²) in [7, 11) is 0.106. The van der Waals surface area contributed by atoms with Crippen LogP contribution in [0.3, 0.4) is 0 Å². The monoisotopic (exact) mass is 186 g/mol. The topological polar surface area (TPSA) is 17.1 Å². The number of rotatable bonds is 3. The second-order valence-corrected chi connectivity index (χ2v) is 5.66. The van der Waals surface area contributed by atoms with Gasteiger partial charge >= 0.3 is 0 Å². The SMILES string of the molecule is CC(C)(C)CC(C)(C)C=CP=O. The van der Waals surface area contributed by atoms with Gasteiger partial charge in [-0.3, -0.25) is 4.57 Å². The van der Waals surface area contributed by atoms with Gasteiger partial charge in [0.1, 0.15) is 0 Å². The first-order chi connectivity index (χ1) is 5.27. The summed E-state index contributed by atoms with van der Waals surface area (Å²) < 4.78 is 10.2. The average Bonchev–Trinajstić information content (AvgIpc) is 1.78. The van der Waals surface area contributed by atoms with Crippen molar-refractivity contribution in [3.63, 3.8) is 0 Å². The summed E-state index contributed by atoms with van der Waals surface area (Å²) in [5.74, 6) is 1.69. The third-order valence-corrected chi connectivity index (χ3v) is 1.84. The largest absolute Gasteiger partial charge is 0.270 e. The maximum absolute atomic E-state index is 10.2. The second-order valence-electron chi connectivity index (χ2n) is 5.15. The average molecular weight is 186 g/mol. The molecule has 0 atom stereocenters. The molecule has 0 aliphatic heterocycles. The number of allylic oxidation sites excluding steroid dienone is 1. The van der Waals surface area contributed by atoms with Crippen LogP contribution in [0.15, 0.2) is 11.9 Å². The Labute approximate surface area is 77.5 Å². The molecule has 0 spiro atoms. The van der Waals surface area contributed by atoms with E-state index in [9.17, 15) is 4.57 Å². The highest BCUT2D eigenvalue weighted by atomic mass is 31.1. The molecular formula is C10H19OP. The Bertz CT molecular complexity index is 175. The molecule has 0 heterocycles. The van der Waals surface area contributed by atoms with Crippen molar-refractivity contribution < 1.29 is 4.57 Å². The Morgan fingerprint density at radius 1 is 1.17 bits per heavy atom. The van der Waals surface area contributed by atoms with Crippen LogP contribution < -0.4 is 0 Å². The predicted molar refractivity (Wildman–Crippen MR) is 54.6 cm³/mol. The molecule has 0 radical (unpaired) electrons. The third kappa shape index (κ3) is 6.54. The van der Waals surface area contributed by atoms with Crippen molar-refractivity contribution in [1.82, 2.24) is 0 Å². The van der Waals surface area contributed by atoms with Crippen molar-refractivity contribution in [2.75, 3.05) is 0 Å². The fraction of sp³-hybridized carbons (Fsp3) is 0.800. The lowest BCUT2D eigenvalue weighted by Crippen LogP contribution is -2.18. The lowest BCUT2D eigenvalue weighted by molar-refractivity contribution is 0.262. The molecular weight excluding hydrogens is 167 g/mol. The van der Waals surface area contributed by atoms with E-state index in [1.807, 2.05) is 6.08 Å². The molecule has 0 saturated heterocycles. The van der Waals surface area contributed by atoms with Gasteiger partial charge in [-0.1, -0.05) is 40.7 Å². The molecule has 12 heavy (non-hydrogen) atoms. The second kappa shape index (κ2) is 4.18. The first-order valence-corrected chi connectivity index (χ1v) is 5.15. The van der Waals surface area contributed by atoms with Crippen LogP contribution >= 0.6 is 8.46 Å². The molecule has 0 unspecified atom stereocenters. The zero-order chi connectivity index (χ0) is 9.83. The fourth-order valence-electron chi connectivity index (χ4n) is 1.66. The molecule has 0 fully saturated rings. The molecule has 0 aromatic rings. The van der Waals surface area contributed by atoms with E-state index in [1.165, 1.54) is 0 Å². The van der Waals surface area contributed by atoms with E-state index in [4.69, 9.17) is 0 Å². The van der Waals surface area contributed by atoms with E-state index >= 15 is 0 Å². The van der Waals surface area contributed by atoms with E-state index < -0.39 is 0 Å². The summed E-state index contributed by atoms with van der Waals surface area (Å²) >= 11 is 0. The van der Waals surface area contributed by atoms with Crippen LogP contribution in [0.5, 0.6) is 0 Å². The zero-order valence-electron chi connectivity index (χ0n) is 8.72. The maximum atomic E-state index is 10.2. The lowest BCUT2D eigenvalue weighted by Gasteiger charge is -2.29. The van der Waals surface area contributed by atoms with E-state index in [1.54, 1.807) is 5.82 Å².